The maximum absolute atomic E-state index is 4.44. The number of fused-ring (bicyclic) bond motifs is 2. The minimum Gasteiger partial charge on any atom is -0.337 e. The van der Waals surface area contributed by atoms with Crippen LogP contribution in [0.4, 0.5) is 0 Å². The number of aryl methyl sites for hydroxylation is 1. The van der Waals surface area contributed by atoms with E-state index in [4.69, 9.17) is 0 Å². The molecule has 2 bridgehead atoms. The first-order valence-electron chi connectivity index (χ1n) is 6.27. The Morgan fingerprint density at radius 2 is 2.25 bits per heavy atom. The van der Waals surface area contributed by atoms with Crippen LogP contribution >= 0.6 is 0 Å². The molecule has 0 spiro atoms. The molecule has 3 heterocycles. The molecule has 0 unspecified atom stereocenters. The van der Waals surface area contributed by atoms with Crippen molar-refractivity contribution < 1.29 is 0 Å². The molecule has 0 saturated carbocycles. The summed E-state index contributed by atoms with van der Waals surface area (Å²) in [6, 6.07) is 1.50. The van der Waals surface area contributed by atoms with Gasteiger partial charge in [-0.3, -0.25) is 4.90 Å². The van der Waals surface area contributed by atoms with Gasteiger partial charge in [-0.25, -0.2) is 4.98 Å². The summed E-state index contributed by atoms with van der Waals surface area (Å²) in [5.41, 5.74) is 0. The predicted molar refractivity (Wildman–Crippen MR) is 63.0 cm³/mol. The average molecular weight is 220 g/mol. The smallest absolute Gasteiger partial charge is 0.122 e. The van der Waals surface area contributed by atoms with Crippen LogP contribution in [0.25, 0.3) is 0 Å². The Bertz CT molecular complexity index is 346. The SMILES string of the molecule is Cn1ccnc1CN1[C@H]2CCNC[C@@H]1CC2. The minimum atomic E-state index is 0.726. The lowest BCUT2D eigenvalue weighted by Gasteiger charge is -2.27. The highest BCUT2D eigenvalue weighted by molar-refractivity contribution is 4.97. The van der Waals surface area contributed by atoms with Gasteiger partial charge in [0.25, 0.3) is 0 Å². The molecule has 2 aliphatic rings. The van der Waals surface area contributed by atoms with Crippen LogP contribution in [0.1, 0.15) is 25.1 Å². The van der Waals surface area contributed by atoms with Crippen LogP contribution in [0, 0.1) is 0 Å². The van der Waals surface area contributed by atoms with Gasteiger partial charge in [-0.05, 0) is 25.8 Å². The molecule has 1 aromatic heterocycles. The van der Waals surface area contributed by atoms with Gasteiger partial charge in [-0.1, -0.05) is 0 Å². The third-order valence-corrected chi connectivity index (χ3v) is 4.05. The van der Waals surface area contributed by atoms with Gasteiger partial charge in [0.05, 0.1) is 6.54 Å². The zero-order chi connectivity index (χ0) is 11.0. The Hall–Kier alpha value is -0.870. The number of nitrogens with zero attached hydrogens (tertiary/aromatic N) is 3. The molecule has 88 valence electrons. The van der Waals surface area contributed by atoms with Crippen LogP contribution < -0.4 is 5.32 Å². The van der Waals surface area contributed by atoms with E-state index in [0.29, 0.717) is 0 Å². The van der Waals surface area contributed by atoms with Gasteiger partial charge in [-0.15, -0.1) is 0 Å². The van der Waals surface area contributed by atoms with Crippen molar-refractivity contribution in [1.29, 1.82) is 0 Å². The zero-order valence-corrected chi connectivity index (χ0v) is 9.89. The summed E-state index contributed by atoms with van der Waals surface area (Å²) < 4.78 is 2.14. The molecule has 2 saturated heterocycles. The molecule has 0 aromatic carbocycles. The quantitative estimate of drug-likeness (QED) is 0.798. The first-order valence-corrected chi connectivity index (χ1v) is 6.27. The molecule has 2 fully saturated rings. The average Bonchev–Trinajstić information content (AvgIpc) is 2.73. The summed E-state index contributed by atoms with van der Waals surface area (Å²) in [4.78, 5) is 7.09. The predicted octanol–water partition coefficient (Wildman–Crippen LogP) is 0.746. The molecule has 2 atom stereocenters. The normalized spacial score (nSPS) is 30.6. The van der Waals surface area contributed by atoms with Crippen molar-refractivity contribution in [2.45, 2.75) is 37.9 Å². The highest BCUT2D eigenvalue weighted by Crippen LogP contribution is 2.29. The standard InChI is InChI=1S/C12H20N4/c1-15-7-6-14-12(15)9-16-10-2-3-11(16)8-13-5-4-10/h6-7,10-11,13H,2-5,8-9H2,1H3/t10-,11+/m1/s1. The second-order valence-corrected chi connectivity index (χ2v) is 5.00. The van der Waals surface area contributed by atoms with Gasteiger partial charge in [-0.2, -0.15) is 0 Å². The number of hydrogen-bond acceptors (Lipinski definition) is 3. The third-order valence-electron chi connectivity index (χ3n) is 4.05. The molecular formula is C12H20N4. The van der Waals surface area contributed by atoms with E-state index in [-0.39, 0.29) is 0 Å². The van der Waals surface area contributed by atoms with Crippen molar-refractivity contribution in [1.82, 2.24) is 19.8 Å². The molecule has 1 aromatic rings. The maximum atomic E-state index is 4.44. The van der Waals surface area contributed by atoms with E-state index in [1.165, 1.54) is 31.6 Å². The summed E-state index contributed by atoms with van der Waals surface area (Å²) in [5, 5.41) is 3.53. The molecule has 4 nitrogen and oxygen atoms in total. The highest BCUT2D eigenvalue weighted by Gasteiger charge is 2.35. The van der Waals surface area contributed by atoms with Crippen molar-refractivity contribution in [2.24, 2.45) is 7.05 Å². The topological polar surface area (TPSA) is 33.1 Å². The minimum absolute atomic E-state index is 0.726. The molecule has 4 heteroatoms. The van der Waals surface area contributed by atoms with Gasteiger partial charge < -0.3 is 9.88 Å². The number of aromatic nitrogens is 2. The van der Waals surface area contributed by atoms with E-state index in [1.54, 1.807) is 0 Å². The van der Waals surface area contributed by atoms with Gasteiger partial charge in [0, 0.05) is 38.1 Å². The number of hydrogen-bond donors (Lipinski definition) is 1. The van der Waals surface area contributed by atoms with E-state index in [2.05, 4.69) is 26.8 Å². The lowest BCUT2D eigenvalue weighted by atomic mass is 10.1. The second-order valence-electron chi connectivity index (χ2n) is 5.00. The zero-order valence-electron chi connectivity index (χ0n) is 9.89. The number of rotatable bonds is 2. The van der Waals surface area contributed by atoms with Crippen LogP contribution in [0.15, 0.2) is 12.4 Å². The van der Waals surface area contributed by atoms with Crippen molar-refractivity contribution in [2.75, 3.05) is 13.1 Å². The molecule has 2 aliphatic heterocycles. The van der Waals surface area contributed by atoms with Crippen LogP contribution in [0.3, 0.4) is 0 Å². The Morgan fingerprint density at radius 1 is 1.38 bits per heavy atom. The van der Waals surface area contributed by atoms with Gasteiger partial charge >= 0.3 is 0 Å². The van der Waals surface area contributed by atoms with E-state index in [1.807, 2.05) is 12.4 Å². The lowest BCUT2D eigenvalue weighted by Crippen LogP contribution is -2.38. The van der Waals surface area contributed by atoms with Crippen LogP contribution in [-0.4, -0.2) is 39.6 Å². The summed E-state index contributed by atoms with van der Waals surface area (Å²) in [6.45, 7) is 3.35. The Kier molecular flexibility index (Phi) is 2.69. The molecule has 0 aliphatic carbocycles. The van der Waals surface area contributed by atoms with E-state index < -0.39 is 0 Å². The van der Waals surface area contributed by atoms with Crippen molar-refractivity contribution in [3.05, 3.63) is 18.2 Å². The monoisotopic (exact) mass is 220 g/mol. The van der Waals surface area contributed by atoms with Crippen LogP contribution in [0.2, 0.25) is 0 Å². The van der Waals surface area contributed by atoms with E-state index in [9.17, 15) is 0 Å². The second kappa shape index (κ2) is 4.18. The Labute approximate surface area is 96.7 Å². The number of nitrogens with one attached hydrogen (secondary N) is 1. The molecule has 16 heavy (non-hydrogen) atoms. The first kappa shape index (κ1) is 10.3. The van der Waals surface area contributed by atoms with Crippen LogP contribution in [0.5, 0.6) is 0 Å². The first-order chi connectivity index (χ1) is 7.84. The largest absolute Gasteiger partial charge is 0.337 e. The highest BCUT2D eigenvalue weighted by atomic mass is 15.3. The lowest BCUT2D eigenvalue weighted by molar-refractivity contribution is 0.187. The summed E-state index contributed by atoms with van der Waals surface area (Å²) in [6.07, 6.45) is 7.94. The Balaban J connectivity index is 1.76. The van der Waals surface area contributed by atoms with E-state index in [0.717, 1.165) is 25.2 Å². The fourth-order valence-electron chi connectivity index (χ4n) is 3.05. The van der Waals surface area contributed by atoms with Gasteiger partial charge in [0.2, 0.25) is 0 Å². The summed E-state index contributed by atoms with van der Waals surface area (Å²) in [7, 11) is 2.08. The summed E-state index contributed by atoms with van der Waals surface area (Å²) in [5.74, 6) is 1.19. The molecule has 1 N–H and O–H groups in total. The summed E-state index contributed by atoms with van der Waals surface area (Å²) >= 11 is 0. The molecule has 0 radical (unpaired) electrons. The van der Waals surface area contributed by atoms with Gasteiger partial charge in [0.1, 0.15) is 5.82 Å². The third kappa shape index (κ3) is 1.76. The molecular weight excluding hydrogens is 200 g/mol. The number of imidazole rings is 1. The van der Waals surface area contributed by atoms with Crippen molar-refractivity contribution >= 4 is 0 Å². The molecule has 0 amide bonds. The maximum Gasteiger partial charge on any atom is 0.122 e. The van der Waals surface area contributed by atoms with Crippen molar-refractivity contribution in [3.63, 3.8) is 0 Å². The Morgan fingerprint density at radius 3 is 3.06 bits per heavy atom. The fourth-order valence-corrected chi connectivity index (χ4v) is 3.05. The van der Waals surface area contributed by atoms with Crippen molar-refractivity contribution in [3.8, 4) is 0 Å². The van der Waals surface area contributed by atoms with E-state index >= 15 is 0 Å². The fraction of sp³-hybridized carbons (Fsp3) is 0.750. The van der Waals surface area contributed by atoms with Gasteiger partial charge in [0.15, 0.2) is 0 Å². The van der Waals surface area contributed by atoms with Crippen LogP contribution in [-0.2, 0) is 13.6 Å². The molecule has 3 rings (SSSR count).